The number of methoxy groups -OCH3 is 1. The number of rotatable bonds is 4. The zero-order chi connectivity index (χ0) is 16.4. The van der Waals surface area contributed by atoms with Crippen LogP contribution in [0.3, 0.4) is 0 Å². The van der Waals surface area contributed by atoms with E-state index in [1.165, 1.54) is 13.2 Å². The lowest BCUT2D eigenvalue weighted by Crippen LogP contribution is -2.18. The van der Waals surface area contributed by atoms with E-state index in [-0.39, 0.29) is 12.4 Å². The molecule has 0 atom stereocenters. The van der Waals surface area contributed by atoms with Crippen LogP contribution in [0.4, 0.5) is 13.2 Å². The average molecular weight is 322 g/mol. The summed E-state index contributed by atoms with van der Waals surface area (Å²) in [5, 5.41) is 4.11. The van der Waals surface area contributed by atoms with Crippen molar-refractivity contribution in [3.63, 3.8) is 0 Å². The minimum absolute atomic E-state index is 0.0220. The Bertz CT molecular complexity index is 828. The summed E-state index contributed by atoms with van der Waals surface area (Å²) < 4.78 is 48.1. The maximum Gasteiger partial charge on any atom is 0.573 e. The summed E-state index contributed by atoms with van der Waals surface area (Å²) in [5.41, 5.74) is 2.87. The monoisotopic (exact) mass is 322 g/mol. The summed E-state index contributed by atoms with van der Waals surface area (Å²) >= 11 is 0. The number of pyridine rings is 1. The van der Waals surface area contributed by atoms with Crippen LogP contribution in [0.25, 0.3) is 16.6 Å². The van der Waals surface area contributed by atoms with E-state index >= 15 is 0 Å². The zero-order valence-corrected chi connectivity index (χ0v) is 12.2. The lowest BCUT2D eigenvalue weighted by atomic mass is 10.0. The molecule has 3 rings (SSSR count). The summed E-state index contributed by atoms with van der Waals surface area (Å²) in [4.78, 5) is 0. The molecule has 0 saturated carbocycles. The fraction of sp³-hybridized carbons (Fsp3) is 0.188. The molecule has 23 heavy (non-hydrogen) atoms. The van der Waals surface area contributed by atoms with Gasteiger partial charge in [-0.1, -0.05) is 6.07 Å². The molecule has 2 aromatic heterocycles. The number of halogens is 3. The third kappa shape index (κ3) is 3.45. The highest BCUT2D eigenvalue weighted by Crippen LogP contribution is 2.31. The molecule has 0 aliphatic heterocycles. The molecule has 0 radical (unpaired) electrons. The molecular weight excluding hydrogens is 309 g/mol. The predicted molar refractivity (Wildman–Crippen MR) is 78.0 cm³/mol. The summed E-state index contributed by atoms with van der Waals surface area (Å²) in [5.74, 6) is -0.256. The van der Waals surface area contributed by atoms with E-state index in [9.17, 15) is 13.2 Å². The Hall–Kier alpha value is -2.54. The Kier molecular flexibility index (Phi) is 3.96. The van der Waals surface area contributed by atoms with Crippen LogP contribution in [0.2, 0.25) is 0 Å². The fourth-order valence-electron chi connectivity index (χ4n) is 2.35. The van der Waals surface area contributed by atoms with Crippen LogP contribution in [0.5, 0.6) is 5.75 Å². The minimum Gasteiger partial charge on any atom is -0.405 e. The van der Waals surface area contributed by atoms with Crippen molar-refractivity contribution in [2.24, 2.45) is 0 Å². The van der Waals surface area contributed by atoms with E-state index in [2.05, 4.69) is 9.84 Å². The molecule has 2 heterocycles. The summed E-state index contributed by atoms with van der Waals surface area (Å²) in [6, 6.07) is 10.1. The topological polar surface area (TPSA) is 35.8 Å². The van der Waals surface area contributed by atoms with Gasteiger partial charge >= 0.3 is 6.36 Å². The van der Waals surface area contributed by atoms with Gasteiger partial charge in [0.25, 0.3) is 0 Å². The lowest BCUT2D eigenvalue weighted by Gasteiger charge is -2.14. The third-order valence-electron chi connectivity index (χ3n) is 3.32. The van der Waals surface area contributed by atoms with Crippen molar-refractivity contribution in [1.29, 1.82) is 0 Å². The van der Waals surface area contributed by atoms with Crippen molar-refractivity contribution < 1.29 is 22.6 Å². The number of aromatic nitrogens is 2. The fourth-order valence-corrected chi connectivity index (χ4v) is 2.35. The van der Waals surface area contributed by atoms with Crippen LogP contribution >= 0.6 is 0 Å². The Morgan fingerprint density at radius 3 is 2.61 bits per heavy atom. The summed E-state index contributed by atoms with van der Waals surface area (Å²) in [6.45, 7) is 0.0220. The molecule has 1 aromatic carbocycles. The van der Waals surface area contributed by atoms with Gasteiger partial charge in [0.15, 0.2) is 0 Å². The summed E-state index contributed by atoms with van der Waals surface area (Å²) in [6.07, 6.45) is -1.27. The molecule has 0 bridgehead atoms. The molecule has 3 aromatic rings. The Labute approximate surface area is 130 Å². The van der Waals surface area contributed by atoms with Gasteiger partial charge in [0.1, 0.15) is 5.75 Å². The van der Waals surface area contributed by atoms with Gasteiger partial charge in [-0.05, 0) is 41.5 Å². The molecule has 0 spiro atoms. The highest BCUT2D eigenvalue weighted by atomic mass is 19.4. The standard InChI is InChI=1S/C16H13F3N2O2/c1-22-10-13-8-11(2-3-15(13)23-16(17,18)19)12-5-7-21-14(9-12)4-6-20-21/h2-9H,10H2,1H3. The maximum absolute atomic E-state index is 12.5. The quantitative estimate of drug-likeness (QED) is 0.727. The number of ether oxygens (including phenoxy) is 2. The smallest absolute Gasteiger partial charge is 0.405 e. The molecule has 0 fully saturated rings. The Morgan fingerprint density at radius 1 is 1.09 bits per heavy atom. The van der Waals surface area contributed by atoms with E-state index in [1.807, 2.05) is 18.2 Å². The molecular formula is C16H13F3N2O2. The zero-order valence-electron chi connectivity index (χ0n) is 12.2. The van der Waals surface area contributed by atoms with Gasteiger partial charge in [-0.15, -0.1) is 13.2 Å². The van der Waals surface area contributed by atoms with Gasteiger partial charge in [-0.3, -0.25) is 0 Å². The number of fused-ring (bicyclic) bond motifs is 1. The highest BCUT2D eigenvalue weighted by molar-refractivity contribution is 5.70. The lowest BCUT2D eigenvalue weighted by molar-refractivity contribution is -0.275. The average Bonchev–Trinajstić information content (AvgIpc) is 2.95. The maximum atomic E-state index is 12.5. The van der Waals surface area contributed by atoms with Crippen molar-refractivity contribution in [3.05, 3.63) is 54.4 Å². The van der Waals surface area contributed by atoms with Crippen LogP contribution < -0.4 is 4.74 Å². The van der Waals surface area contributed by atoms with Crippen molar-refractivity contribution >= 4 is 5.52 Å². The first-order chi connectivity index (χ1) is 11.0. The first-order valence-corrected chi connectivity index (χ1v) is 6.78. The Morgan fingerprint density at radius 2 is 1.87 bits per heavy atom. The second kappa shape index (κ2) is 5.92. The number of alkyl halides is 3. The number of benzene rings is 1. The number of nitrogens with zero attached hydrogens (tertiary/aromatic N) is 2. The molecule has 0 amide bonds. The van der Waals surface area contributed by atoms with Gasteiger partial charge < -0.3 is 9.47 Å². The van der Waals surface area contributed by atoms with Gasteiger partial charge in [0.2, 0.25) is 0 Å². The molecule has 120 valence electrons. The van der Waals surface area contributed by atoms with Gasteiger partial charge in [0.05, 0.1) is 12.1 Å². The van der Waals surface area contributed by atoms with Crippen LogP contribution in [-0.4, -0.2) is 23.1 Å². The van der Waals surface area contributed by atoms with E-state index in [4.69, 9.17) is 4.74 Å². The second-order valence-electron chi connectivity index (χ2n) is 4.92. The first kappa shape index (κ1) is 15.4. The number of hydrogen-bond donors (Lipinski definition) is 0. The van der Waals surface area contributed by atoms with E-state index in [0.29, 0.717) is 5.56 Å². The van der Waals surface area contributed by atoms with Crippen molar-refractivity contribution in [1.82, 2.24) is 9.61 Å². The summed E-state index contributed by atoms with van der Waals surface area (Å²) in [7, 11) is 1.42. The van der Waals surface area contributed by atoms with Crippen LogP contribution in [0, 0.1) is 0 Å². The molecule has 4 nitrogen and oxygen atoms in total. The van der Waals surface area contributed by atoms with Crippen LogP contribution in [-0.2, 0) is 11.3 Å². The van der Waals surface area contributed by atoms with E-state index < -0.39 is 6.36 Å². The molecule has 0 saturated heterocycles. The minimum atomic E-state index is -4.74. The van der Waals surface area contributed by atoms with E-state index in [0.717, 1.165) is 16.6 Å². The van der Waals surface area contributed by atoms with Crippen molar-refractivity contribution in [2.75, 3.05) is 7.11 Å². The van der Waals surface area contributed by atoms with Gasteiger partial charge in [0, 0.05) is 25.1 Å². The van der Waals surface area contributed by atoms with Crippen molar-refractivity contribution in [2.45, 2.75) is 13.0 Å². The van der Waals surface area contributed by atoms with Gasteiger partial charge in [-0.2, -0.15) is 5.10 Å². The highest BCUT2D eigenvalue weighted by Gasteiger charge is 2.32. The molecule has 0 N–H and O–H groups in total. The molecule has 0 aliphatic carbocycles. The first-order valence-electron chi connectivity index (χ1n) is 6.78. The van der Waals surface area contributed by atoms with Crippen LogP contribution in [0.1, 0.15) is 5.56 Å². The molecule has 0 aliphatic rings. The SMILES string of the molecule is COCc1cc(-c2ccn3nccc3c2)ccc1OC(F)(F)F. The Balaban J connectivity index is 2.00. The van der Waals surface area contributed by atoms with Crippen molar-refractivity contribution in [3.8, 4) is 16.9 Å². The van der Waals surface area contributed by atoms with E-state index in [1.54, 1.807) is 29.0 Å². The second-order valence-corrected chi connectivity index (χ2v) is 4.92. The van der Waals surface area contributed by atoms with Crippen LogP contribution in [0.15, 0.2) is 48.8 Å². The number of hydrogen-bond acceptors (Lipinski definition) is 3. The third-order valence-corrected chi connectivity index (χ3v) is 3.32. The van der Waals surface area contributed by atoms with Gasteiger partial charge in [-0.25, -0.2) is 4.52 Å². The predicted octanol–water partition coefficient (Wildman–Crippen LogP) is 4.05. The largest absolute Gasteiger partial charge is 0.573 e. The normalized spacial score (nSPS) is 11.8. The molecule has 7 heteroatoms. The molecule has 0 unspecified atom stereocenters.